The van der Waals surface area contributed by atoms with Gasteiger partial charge < -0.3 is 20.6 Å². The Kier molecular flexibility index (Phi) is 3.11. The van der Waals surface area contributed by atoms with E-state index in [1.807, 2.05) is 0 Å². The van der Waals surface area contributed by atoms with Gasteiger partial charge in [-0.3, -0.25) is 10.1 Å². The number of nitro benzene ring substituents is 1. The van der Waals surface area contributed by atoms with E-state index in [0.29, 0.717) is 0 Å². The topological polar surface area (TPSA) is 116 Å². The third-order valence-corrected chi connectivity index (χ3v) is 2.44. The Morgan fingerprint density at radius 1 is 0.947 bits per heavy atom. The van der Waals surface area contributed by atoms with E-state index in [4.69, 9.17) is 5.11 Å². The first-order valence-electron chi connectivity index (χ1n) is 5.24. The van der Waals surface area contributed by atoms with Crippen LogP contribution in [0.3, 0.4) is 0 Å². The average molecular weight is 262 g/mol. The van der Waals surface area contributed by atoms with Crippen LogP contribution < -0.4 is 5.32 Å². The van der Waals surface area contributed by atoms with Gasteiger partial charge in [0.1, 0.15) is 17.2 Å². The molecule has 0 aromatic heterocycles. The smallest absolute Gasteiger partial charge is 0.271 e. The second-order valence-corrected chi connectivity index (χ2v) is 3.79. The monoisotopic (exact) mass is 262 g/mol. The molecule has 2 aromatic carbocycles. The lowest BCUT2D eigenvalue weighted by Crippen LogP contribution is -1.94. The minimum atomic E-state index is -0.596. The number of hydrogen-bond donors (Lipinski definition) is 4. The molecule has 0 heterocycles. The van der Waals surface area contributed by atoms with E-state index in [1.165, 1.54) is 18.2 Å². The summed E-state index contributed by atoms with van der Waals surface area (Å²) < 4.78 is 0. The standard InChI is InChI=1S/C12H10N2O5/c15-8-2-3-9(12(17)6-8)13-10-5-7(14(18)19)1-4-11(10)16/h1-6,13,15-17H. The van der Waals surface area contributed by atoms with E-state index in [9.17, 15) is 20.3 Å². The number of hydrogen-bond acceptors (Lipinski definition) is 6. The molecule has 0 spiro atoms. The number of nitrogens with zero attached hydrogens (tertiary/aromatic N) is 1. The van der Waals surface area contributed by atoms with Crippen molar-refractivity contribution in [2.45, 2.75) is 0 Å². The van der Waals surface area contributed by atoms with E-state index in [1.54, 1.807) is 0 Å². The maximum absolute atomic E-state index is 10.6. The SMILES string of the molecule is O=[N+]([O-])c1ccc(O)c(Nc2ccc(O)cc2O)c1. The van der Waals surface area contributed by atoms with Gasteiger partial charge in [-0.05, 0) is 18.2 Å². The van der Waals surface area contributed by atoms with Crippen LogP contribution in [0.25, 0.3) is 0 Å². The predicted octanol–water partition coefficient (Wildman–Crippen LogP) is 2.46. The van der Waals surface area contributed by atoms with Gasteiger partial charge in [-0.2, -0.15) is 0 Å². The lowest BCUT2D eigenvalue weighted by Gasteiger charge is -2.10. The van der Waals surface area contributed by atoms with Crippen LogP contribution in [-0.2, 0) is 0 Å². The molecule has 7 nitrogen and oxygen atoms in total. The Balaban J connectivity index is 2.37. The molecular formula is C12H10N2O5. The summed E-state index contributed by atoms with van der Waals surface area (Å²) >= 11 is 0. The Labute approximate surface area is 107 Å². The van der Waals surface area contributed by atoms with E-state index >= 15 is 0 Å². The number of non-ortho nitro benzene ring substituents is 1. The van der Waals surface area contributed by atoms with E-state index in [0.717, 1.165) is 18.2 Å². The highest BCUT2D eigenvalue weighted by Crippen LogP contribution is 2.35. The first-order chi connectivity index (χ1) is 8.97. The van der Waals surface area contributed by atoms with Crippen molar-refractivity contribution in [3.05, 3.63) is 46.5 Å². The quantitative estimate of drug-likeness (QED) is 0.292. The number of nitrogens with one attached hydrogen (secondary N) is 1. The van der Waals surface area contributed by atoms with Gasteiger partial charge in [-0.15, -0.1) is 0 Å². The van der Waals surface area contributed by atoms with Crippen molar-refractivity contribution in [1.82, 2.24) is 0 Å². The second kappa shape index (κ2) is 4.73. The maximum atomic E-state index is 10.6. The second-order valence-electron chi connectivity index (χ2n) is 3.79. The Morgan fingerprint density at radius 2 is 1.68 bits per heavy atom. The highest BCUT2D eigenvalue weighted by molar-refractivity contribution is 5.72. The first kappa shape index (κ1) is 12.5. The van der Waals surface area contributed by atoms with Gasteiger partial charge in [0.05, 0.1) is 16.3 Å². The van der Waals surface area contributed by atoms with Gasteiger partial charge >= 0.3 is 0 Å². The molecule has 0 aliphatic carbocycles. The van der Waals surface area contributed by atoms with Crippen LogP contribution in [0.1, 0.15) is 0 Å². The highest BCUT2D eigenvalue weighted by atomic mass is 16.6. The van der Waals surface area contributed by atoms with Crippen molar-refractivity contribution < 1.29 is 20.2 Å². The van der Waals surface area contributed by atoms with Gasteiger partial charge in [-0.1, -0.05) is 0 Å². The molecule has 0 fully saturated rings. The third-order valence-electron chi connectivity index (χ3n) is 2.44. The van der Waals surface area contributed by atoms with Crippen LogP contribution in [0.4, 0.5) is 17.1 Å². The summed E-state index contributed by atoms with van der Waals surface area (Å²) in [7, 11) is 0. The molecule has 0 radical (unpaired) electrons. The van der Waals surface area contributed by atoms with Crippen molar-refractivity contribution >= 4 is 17.1 Å². The largest absolute Gasteiger partial charge is 0.508 e. The molecule has 0 aliphatic rings. The number of rotatable bonds is 3. The van der Waals surface area contributed by atoms with Gasteiger partial charge in [-0.25, -0.2) is 0 Å². The molecule has 4 N–H and O–H groups in total. The van der Waals surface area contributed by atoms with Crippen LogP contribution in [0.2, 0.25) is 0 Å². The van der Waals surface area contributed by atoms with E-state index in [-0.39, 0.29) is 34.3 Å². The van der Waals surface area contributed by atoms with Crippen molar-refractivity contribution in [1.29, 1.82) is 0 Å². The maximum Gasteiger partial charge on any atom is 0.271 e. The third kappa shape index (κ3) is 2.65. The number of nitro groups is 1. The van der Waals surface area contributed by atoms with Gasteiger partial charge in [0, 0.05) is 18.2 Å². The minimum Gasteiger partial charge on any atom is -0.508 e. The number of benzene rings is 2. The highest BCUT2D eigenvalue weighted by Gasteiger charge is 2.12. The number of anilines is 2. The van der Waals surface area contributed by atoms with Crippen LogP contribution in [0.15, 0.2) is 36.4 Å². The van der Waals surface area contributed by atoms with Crippen molar-refractivity contribution in [3.8, 4) is 17.2 Å². The fourth-order valence-corrected chi connectivity index (χ4v) is 1.51. The van der Waals surface area contributed by atoms with Gasteiger partial charge in [0.2, 0.25) is 0 Å². The molecule has 0 amide bonds. The molecule has 0 atom stereocenters. The molecule has 0 bridgehead atoms. The fourth-order valence-electron chi connectivity index (χ4n) is 1.51. The van der Waals surface area contributed by atoms with Crippen LogP contribution in [-0.4, -0.2) is 20.2 Å². The van der Waals surface area contributed by atoms with Crippen LogP contribution in [0.5, 0.6) is 17.2 Å². The molecule has 0 saturated carbocycles. The summed E-state index contributed by atoms with van der Waals surface area (Å²) in [5, 5.41) is 41.6. The number of aromatic hydroxyl groups is 3. The lowest BCUT2D eigenvalue weighted by molar-refractivity contribution is -0.384. The van der Waals surface area contributed by atoms with Crippen molar-refractivity contribution in [2.75, 3.05) is 5.32 Å². The van der Waals surface area contributed by atoms with Gasteiger partial charge in [0.25, 0.3) is 5.69 Å². The molecule has 0 unspecified atom stereocenters. The van der Waals surface area contributed by atoms with Crippen molar-refractivity contribution in [2.24, 2.45) is 0 Å². The summed E-state index contributed by atoms with van der Waals surface area (Å²) in [6, 6.07) is 7.30. The Morgan fingerprint density at radius 3 is 2.32 bits per heavy atom. The van der Waals surface area contributed by atoms with Gasteiger partial charge in [0.15, 0.2) is 0 Å². The van der Waals surface area contributed by atoms with Crippen LogP contribution >= 0.6 is 0 Å². The summed E-state index contributed by atoms with van der Waals surface area (Å²) in [6.07, 6.45) is 0. The molecule has 0 saturated heterocycles. The zero-order chi connectivity index (χ0) is 14.0. The van der Waals surface area contributed by atoms with E-state index < -0.39 is 4.92 Å². The normalized spacial score (nSPS) is 10.1. The Hall–Kier alpha value is -2.96. The lowest BCUT2D eigenvalue weighted by atomic mass is 10.2. The first-order valence-corrected chi connectivity index (χ1v) is 5.24. The average Bonchev–Trinajstić information content (AvgIpc) is 2.34. The zero-order valence-electron chi connectivity index (χ0n) is 9.57. The van der Waals surface area contributed by atoms with Crippen LogP contribution in [0, 0.1) is 10.1 Å². The summed E-state index contributed by atoms with van der Waals surface area (Å²) in [5.41, 5.74) is 0.0855. The summed E-state index contributed by atoms with van der Waals surface area (Å²) in [4.78, 5) is 10.0. The number of phenolic OH excluding ortho intramolecular Hbond substituents is 3. The molecule has 2 rings (SSSR count). The van der Waals surface area contributed by atoms with Crippen molar-refractivity contribution in [3.63, 3.8) is 0 Å². The zero-order valence-corrected chi connectivity index (χ0v) is 9.57. The summed E-state index contributed by atoms with van der Waals surface area (Å²) in [6.45, 7) is 0. The minimum absolute atomic E-state index is 0.0789. The number of phenols is 3. The molecule has 7 heteroatoms. The fraction of sp³-hybridized carbons (Fsp3) is 0. The molecule has 0 aliphatic heterocycles. The molecule has 98 valence electrons. The van der Waals surface area contributed by atoms with E-state index in [2.05, 4.69) is 5.32 Å². The summed E-state index contributed by atoms with van der Waals surface area (Å²) in [5.74, 6) is -0.560. The predicted molar refractivity (Wildman–Crippen MR) is 67.8 cm³/mol. The Bertz CT molecular complexity index is 642. The molecule has 2 aromatic rings. The molecular weight excluding hydrogens is 252 g/mol. The molecule has 19 heavy (non-hydrogen) atoms.